The molecule has 2 rings (SSSR count). The quantitative estimate of drug-likeness (QED) is 0.549. The van der Waals surface area contributed by atoms with Gasteiger partial charge in [0.25, 0.3) is 0 Å². The molecule has 1 unspecified atom stereocenters. The molecule has 1 amide bonds. The van der Waals surface area contributed by atoms with Crippen LogP contribution in [0.25, 0.3) is 0 Å². The lowest BCUT2D eigenvalue weighted by atomic mass is 10.2. The molecule has 0 aromatic heterocycles. The molecule has 2 aromatic carbocycles. The fourth-order valence-electron chi connectivity index (χ4n) is 2.05. The number of halogens is 1. The van der Waals surface area contributed by atoms with Gasteiger partial charge < -0.3 is 15.2 Å². The van der Waals surface area contributed by atoms with E-state index >= 15 is 0 Å². The third kappa shape index (κ3) is 4.45. The predicted molar refractivity (Wildman–Crippen MR) is 89.9 cm³/mol. The SMILES string of the molecule is CC(C=O)N(Nc1ccc(F)cc1Nc1cccc(C#N)c1)C(=O)O. The molecule has 2 aromatic rings. The normalized spacial score (nSPS) is 11.1. The fraction of sp³-hybridized carbons (Fsp3) is 0.118. The summed E-state index contributed by atoms with van der Waals surface area (Å²) < 4.78 is 13.6. The van der Waals surface area contributed by atoms with E-state index in [4.69, 9.17) is 5.26 Å². The van der Waals surface area contributed by atoms with Gasteiger partial charge >= 0.3 is 6.09 Å². The second-order valence-electron chi connectivity index (χ2n) is 5.15. The summed E-state index contributed by atoms with van der Waals surface area (Å²) in [6, 6.07) is 11.2. The minimum atomic E-state index is -1.36. The maximum atomic E-state index is 13.6. The highest BCUT2D eigenvalue weighted by atomic mass is 19.1. The van der Waals surface area contributed by atoms with Crippen LogP contribution in [0, 0.1) is 17.1 Å². The number of nitrogens with zero attached hydrogens (tertiary/aromatic N) is 2. The molecule has 0 aliphatic carbocycles. The first-order valence-corrected chi connectivity index (χ1v) is 7.25. The lowest BCUT2D eigenvalue weighted by Crippen LogP contribution is -2.43. The zero-order chi connectivity index (χ0) is 18.4. The lowest BCUT2D eigenvalue weighted by molar-refractivity contribution is -0.111. The first kappa shape index (κ1) is 17.7. The maximum Gasteiger partial charge on any atom is 0.426 e. The van der Waals surface area contributed by atoms with Crippen molar-refractivity contribution in [3.8, 4) is 6.07 Å². The van der Waals surface area contributed by atoms with Crippen LogP contribution in [-0.2, 0) is 4.79 Å². The van der Waals surface area contributed by atoms with E-state index in [1.54, 1.807) is 24.3 Å². The number of hydrogen-bond acceptors (Lipinski definition) is 5. The third-order valence-electron chi connectivity index (χ3n) is 3.30. The van der Waals surface area contributed by atoms with Crippen molar-refractivity contribution in [3.63, 3.8) is 0 Å². The monoisotopic (exact) mass is 342 g/mol. The molecule has 0 aliphatic rings. The minimum Gasteiger partial charge on any atom is -0.464 e. The average Bonchev–Trinajstić information content (AvgIpc) is 2.60. The number of carbonyl (C=O) groups excluding carboxylic acids is 1. The Hall–Kier alpha value is -3.60. The molecule has 3 N–H and O–H groups in total. The summed E-state index contributed by atoms with van der Waals surface area (Å²) in [4.78, 5) is 22.2. The predicted octanol–water partition coefficient (Wildman–Crippen LogP) is 3.34. The Bertz CT molecular complexity index is 835. The molecule has 8 heteroatoms. The molecular weight excluding hydrogens is 327 g/mol. The minimum absolute atomic E-state index is 0.249. The van der Waals surface area contributed by atoms with Gasteiger partial charge in [-0.2, -0.15) is 5.26 Å². The van der Waals surface area contributed by atoms with Crippen LogP contribution in [0.15, 0.2) is 42.5 Å². The Balaban J connectivity index is 2.35. The Morgan fingerprint density at radius 1 is 1.32 bits per heavy atom. The first-order valence-electron chi connectivity index (χ1n) is 7.25. The highest BCUT2D eigenvalue weighted by Crippen LogP contribution is 2.27. The van der Waals surface area contributed by atoms with Gasteiger partial charge in [0.15, 0.2) is 0 Å². The molecule has 0 saturated heterocycles. The maximum absolute atomic E-state index is 13.6. The van der Waals surface area contributed by atoms with Crippen LogP contribution in [0.3, 0.4) is 0 Å². The molecule has 1 atom stereocenters. The van der Waals surface area contributed by atoms with Crippen molar-refractivity contribution in [2.75, 3.05) is 10.7 Å². The van der Waals surface area contributed by atoms with Crippen LogP contribution in [0.4, 0.5) is 26.2 Å². The zero-order valence-corrected chi connectivity index (χ0v) is 13.2. The summed E-state index contributed by atoms with van der Waals surface area (Å²) >= 11 is 0. The van der Waals surface area contributed by atoms with E-state index in [9.17, 15) is 19.1 Å². The highest BCUT2D eigenvalue weighted by Gasteiger charge is 2.20. The summed E-state index contributed by atoms with van der Waals surface area (Å²) in [5.41, 5.74) is 4.02. The van der Waals surface area contributed by atoms with Gasteiger partial charge in [-0.25, -0.2) is 14.2 Å². The van der Waals surface area contributed by atoms with Crippen molar-refractivity contribution in [1.82, 2.24) is 5.01 Å². The summed E-state index contributed by atoms with van der Waals surface area (Å²) in [5.74, 6) is -0.533. The van der Waals surface area contributed by atoms with Gasteiger partial charge in [-0.1, -0.05) is 6.07 Å². The molecule has 0 radical (unpaired) electrons. The van der Waals surface area contributed by atoms with Crippen LogP contribution in [0.2, 0.25) is 0 Å². The Morgan fingerprint density at radius 3 is 2.72 bits per heavy atom. The Kier molecular flexibility index (Phi) is 5.53. The Morgan fingerprint density at radius 2 is 2.08 bits per heavy atom. The van der Waals surface area contributed by atoms with Gasteiger partial charge in [-0.3, -0.25) is 5.43 Å². The van der Waals surface area contributed by atoms with Crippen molar-refractivity contribution in [2.24, 2.45) is 0 Å². The number of rotatable bonds is 6. The average molecular weight is 342 g/mol. The van der Waals surface area contributed by atoms with Gasteiger partial charge in [-0.05, 0) is 43.3 Å². The van der Waals surface area contributed by atoms with Crippen molar-refractivity contribution >= 4 is 29.4 Å². The summed E-state index contributed by atoms with van der Waals surface area (Å²) in [6.45, 7) is 1.40. The molecule has 0 aliphatic heterocycles. The van der Waals surface area contributed by atoms with Gasteiger partial charge in [0.1, 0.15) is 18.1 Å². The molecular formula is C17H15FN4O3. The van der Waals surface area contributed by atoms with Gasteiger partial charge in [0.2, 0.25) is 0 Å². The molecule has 0 saturated carbocycles. The lowest BCUT2D eigenvalue weighted by Gasteiger charge is -2.25. The van der Waals surface area contributed by atoms with E-state index in [1.807, 2.05) is 6.07 Å². The summed E-state index contributed by atoms with van der Waals surface area (Å²) in [5, 5.41) is 21.8. The van der Waals surface area contributed by atoms with Gasteiger partial charge in [-0.15, -0.1) is 0 Å². The van der Waals surface area contributed by atoms with Crippen molar-refractivity contribution in [2.45, 2.75) is 13.0 Å². The molecule has 25 heavy (non-hydrogen) atoms. The fourth-order valence-corrected chi connectivity index (χ4v) is 2.05. The molecule has 0 fully saturated rings. The van der Waals surface area contributed by atoms with E-state index in [-0.39, 0.29) is 11.4 Å². The number of carboxylic acid groups (broad SMARTS) is 1. The number of hydrazine groups is 1. The Labute approximate surface area is 143 Å². The van der Waals surface area contributed by atoms with Crippen molar-refractivity contribution in [1.29, 1.82) is 5.26 Å². The first-order chi connectivity index (χ1) is 11.9. The van der Waals surface area contributed by atoms with Crippen molar-refractivity contribution in [3.05, 3.63) is 53.8 Å². The smallest absolute Gasteiger partial charge is 0.426 e. The summed E-state index contributed by atoms with van der Waals surface area (Å²) in [7, 11) is 0. The second-order valence-corrected chi connectivity index (χ2v) is 5.15. The molecule has 7 nitrogen and oxygen atoms in total. The number of carbonyl (C=O) groups is 2. The molecule has 128 valence electrons. The van der Waals surface area contributed by atoms with Crippen molar-refractivity contribution < 1.29 is 19.1 Å². The number of nitrogens with one attached hydrogen (secondary N) is 2. The van der Waals surface area contributed by atoms with E-state index in [2.05, 4.69) is 10.7 Å². The van der Waals surface area contributed by atoms with Crippen LogP contribution >= 0.6 is 0 Å². The second kappa shape index (κ2) is 7.79. The summed E-state index contributed by atoms with van der Waals surface area (Å²) in [6.07, 6.45) is -0.893. The van der Waals surface area contributed by atoms with E-state index in [0.29, 0.717) is 22.5 Å². The van der Waals surface area contributed by atoms with E-state index in [0.717, 1.165) is 6.07 Å². The number of nitriles is 1. The molecule has 0 bridgehead atoms. The standard InChI is InChI=1S/C17H15FN4O3/c1-11(10-23)22(17(24)25)21-15-6-5-13(18)8-16(15)20-14-4-2-3-12(7-14)9-19/h2-8,10-11,20-21H,1H3,(H,24,25). The third-order valence-corrected chi connectivity index (χ3v) is 3.30. The van der Waals surface area contributed by atoms with E-state index in [1.165, 1.54) is 19.1 Å². The van der Waals surface area contributed by atoms with Crippen LogP contribution in [0.1, 0.15) is 12.5 Å². The van der Waals surface area contributed by atoms with Crippen LogP contribution in [0.5, 0.6) is 0 Å². The van der Waals surface area contributed by atoms with E-state index < -0.39 is 18.0 Å². The van der Waals surface area contributed by atoms with Gasteiger partial charge in [0, 0.05) is 5.69 Å². The zero-order valence-electron chi connectivity index (χ0n) is 13.2. The largest absolute Gasteiger partial charge is 0.464 e. The van der Waals surface area contributed by atoms with Crippen LogP contribution in [-0.4, -0.2) is 28.5 Å². The van der Waals surface area contributed by atoms with Gasteiger partial charge in [0.05, 0.1) is 23.0 Å². The highest BCUT2D eigenvalue weighted by molar-refractivity contribution is 5.79. The molecule has 0 spiro atoms. The number of hydrogen-bond donors (Lipinski definition) is 3. The number of anilines is 3. The number of amides is 1. The topological polar surface area (TPSA) is 105 Å². The molecule has 0 heterocycles. The number of aldehydes is 1. The number of benzene rings is 2. The van der Waals surface area contributed by atoms with Crippen LogP contribution < -0.4 is 10.7 Å².